The van der Waals surface area contributed by atoms with Gasteiger partial charge in [0, 0.05) is 18.2 Å². The Labute approximate surface area is 111 Å². The topological polar surface area (TPSA) is 101 Å². The molecular weight excluding hydrogens is 268 g/mol. The van der Waals surface area contributed by atoms with Crippen LogP contribution in [0.4, 0.5) is 0 Å². The number of nitrogens with two attached hydrogens (primary N) is 1. The lowest BCUT2D eigenvalue weighted by atomic mass is 10.2. The minimum Gasteiger partial charge on any atom is -0.395 e. The molecular formula is C12H16N2O4S. The van der Waals surface area contributed by atoms with Gasteiger partial charge in [-0.1, -0.05) is 6.07 Å². The summed E-state index contributed by atoms with van der Waals surface area (Å²) in [5.74, 6) is -0.669. The summed E-state index contributed by atoms with van der Waals surface area (Å²) < 4.78 is 26.2. The standard InChI is InChI=1S/C12H16N2O4S/c13-12(16)9-3-1-5-11(7-9)19(17,18)14-6-2-4-10(14)8-15/h1,3,5,7,10,15H,2,4,6,8H2,(H2,13,16)/t10-/m0/s1. The van der Waals surface area contributed by atoms with Crippen LogP contribution in [0.25, 0.3) is 0 Å². The van der Waals surface area contributed by atoms with Crippen LogP contribution in [0.5, 0.6) is 0 Å². The zero-order valence-electron chi connectivity index (χ0n) is 10.3. The first-order chi connectivity index (χ1) is 8.96. The number of hydrogen-bond donors (Lipinski definition) is 2. The maximum absolute atomic E-state index is 12.4. The van der Waals surface area contributed by atoms with E-state index in [1.807, 2.05) is 0 Å². The van der Waals surface area contributed by atoms with E-state index in [0.717, 1.165) is 6.42 Å². The van der Waals surface area contributed by atoms with Gasteiger partial charge in [-0.05, 0) is 31.0 Å². The van der Waals surface area contributed by atoms with E-state index >= 15 is 0 Å². The molecule has 1 aliphatic rings. The Bertz CT molecular complexity index is 585. The third-order valence-corrected chi connectivity index (χ3v) is 5.21. The van der Waals surface area contributed by atoms with Gasteiger partial charge in [0.25, 0.3) is 0 Å². The van der Waals surface area contributed by atoms with Gasteiger partial charge in [0.15, 0.2) is 0 Å². The molecule has 6 nitrogen and oxygen atoms in total. The molecule has 0 unspecified atom stereocenters. The van der Waals surface area contributed by atoms with Crippen LogP contribution in [0.2, 0.25) is 0 Å². The average molecular weight is 284 g/mol. The van der Waals surface area contributed by atoms with Gasteiger partial charge < -0.3 is 10.8 Å². The maximum Gasteiger partial charge on any atom is 0.248 e. The number of hydrogen-bond acceptors (Lipinski definition) is 4. The Morgan fingerprint density at radius 2 is 2.21 bits per heavy atom. The fourth-order valence-electron chi connectivity index (χ4n) is 2.25. The lowest BCUT2D eigenvalue weighted by Crippen LogP contribution is -2.37. The normalized spacial score (nSPS) is 20.6. The van der Waals surface area contributed by atoms with Crippen molar-refractivity contribution in [2.75, 3.05) is 13.2 Å². The van der Waals surface area contributed by atoms with Crippen LogP contribution in [0.15, 0.2) is 29.2 Å². The smallest absolute Gasteiger partial charge is 0.248 e. The van der Waals surface area contributed by atoms with Crippen LogP contribution in [-0.2, 0) is 10.0 Å². The van der Waals surface area contributed by atoms with E-state index < -0.39 is 15.9 Å². The van der Waals surface area contributed by atoms with E-state index in [1.54, 1.807) is 0 Å². The number of amides is 1. The van der Waals surface area contributed by atoms with Gasteiger partial charge in [0.2, 0.25) is 15.9 Å². The number of aliphatic hydroxyl groups is 1. The lowest BCUT2D eigenvalue weighted by Gasteiger charge is -2.22. The molecule has 1 saturated heterocycles. The molecule has 0 spiro atoms. The summed E-state index contributed by atoms with van der Waals surface area (Å²) in [6.07, 6.45) is 1.37. The molecule has 104 valence electrons. The van der Waals surface area contributed by atoms with Crippen LogP contribution in [0.3, 0.4) is 0 Å². The van der Waals surface area contributed by atoms with Crippen molar-refractivity contribution in [2.45, 2.75) is 23.8 Å². The molecule has 1 aliphatic heterocycles. The second-order valence-electron chi connectivity index (χ2n) is 4.49. The van der Waals surface area contributed by atoms with E-state index in [0.29, 0.717) is 13.0 Å². The molecule has 1 atom stereocenters. The minimum absolute atomic E-state index is 0.0316. The summed E-state index contributed by atoms with van der Waals surface area (Å²) in [4.78, 5) is 11.1. The molecule has 0 saturated carbocycles. The summed E-state index contributed by atoms with van der Waals surface area (Å²) in [5, 5.41) is 9.21. The van der Waals surface area contributed by atoms with E-state index in [-0.39, 0.29) is 23.1 Å². The summed E-state index contributed by atoms with van der Waals surface area (Å²) >= 11 is 0. The van der Waals surface area contributed by atoms with E-state index in [1.165, 1.54) is 28.6 Å². The highest BCUT2D eigenvalue weighted by atomic mass is 32.2. The van der Waals surface area contributed by atoms with Crippen molar-refractivity contribution in [1.29, 1.82) is 0 Å². The fraction of sp³-hybridized carbons (Fsp3) is 0.417. The molecule has 1 heterocycles. The summed E-state index contributed by atoms with van der Waals surface area (Å²) in [7, 11) is -3.69. The number of carbonyl (C=O) groups excluding carboxylic acids is 1. The molecule has 0 aromatic heterocycles. The molecule has 1 fully saturated rings. The second-order valence-corrected chi connectivity index (χ2v) is 6.38. The number of benzene rings is 1. The number of primary amides is 1. The van der Waals surface area contributed by atoms with Gasteiger partial charge >= 0.3 is 0 Å². The molecule has 0 radical (unpaired) electrons. The monoisotopic (exact) mass is 284 g/mol. The predicted molar refractivity (Wildman–Crippen MR) is 69.0 cm³/mol. The summed E-state index contributed by atoms with van der Waals surface area (Å²) in [6, 6.07) is 5.26. The number of aliphatic hydroxyl groups excluding tert-OH is 1. The molecule has 0 aliphatic carbocycles. The van der Waals surface area contributed by atoms with Gasteiger partial charge in [-0.15, -0.1) is 0 Å². The molecule has 0 bridgehead atoms. The zero-order valence-corrected chi connectivity index (χ0v) is 11.1. The van der Waals surface area contributed by atoms with Crippen molar-refractivity contribution >= 4 is 15.9 Å². The van der Waals surface area contributed by atoms with Gasteiger partial charge in [-0.3, -0.25) is 4.79 Å². The van der Waals surface area contributed by atoms with Crippen LogP contribution < -0.4 is 5.73 Å². The third kappa shape index (κ3) is 2.63. The van der Waals surface area contributed by atoms with Crippen molar-refractivity contribution in [3.63, 3.8) is 0 Å². The molecule has 7 heteroatoms. The first-order valence-electron chi connectivity index (χ1n) is 5.99. The lowest BCUT2D eigenvalue weighted by molar-refractivity contribution is 0.1000. The SMILES string of the molecule is NC(=O)c1cccc(S(=O)(=O)N2CCC[C@H]2CO)c1. The quantitative estimate of drug-likeness (QED) is 0.808. The zero-order chi connectivity index (χ0) is 14.0. The van der Waals surface area contributed by atoms with E-state index in [2.05, 4.69) is 0 Å². The molecule has 19 heavy (non-hydrogen) atoms. The van der Waals surface area contributed by atoms with Gasteiger partial charge in [-0.25, -0.2) is 8.42 Å². The Morgan fingerprint density at radius 3 is 2.84 bits per heavy atom. The van der Waals surface area contributed by atoms with E-state index in [4.69, 9.17) is 5.73 Å². The molecule has 1 aromatic rings. The number of sulfonamides is 1. The van der Waals surface area contributed by atoms with Crippen LogP contribution in [0.1, 0.15) is 23.2 Å². The fourth-order valence-corrected chi connectivity index (χ4v) is 3.98. The van der Waals surface area contributed by atoms with Crippen molar-refractivity contribution < 1.29 is 18.3 Å². The van der Waals surface area contributed by atoms with Gasteiger partial charge in [0.1, 0.15) is 0 Å². The Kier molecular flexibility index (Phi) is 3.88. The number of carbonyl (C=O) groups is 1. The first-order valence-corrected chi connectivity index (χ1v) is 7.43. The average Bonchev–Trinajstić information content (AvgIpc) is 2.88. The van der Waals surface area contributed by atoms with E-state index in [9.17, 15) is 18.3 Å². The first kappa shape index (κ1) is 14.0. The van der Waals surface area contributed by atoms with Crippen LogP contribution in [0, 0.1) is 0 Å². The molecule has 1 aromatic carbocycles. The molecule has 1 amide bonds. The number of rotatable bonds is 4. The highest BCUT2D eigenvalue weighted by molar-refractivity contribution is 7.89. The van der Waals surface area contributed by atoms with Crippen molar-refractivity contribution in [1.82, 2.24) is 4.31 Å². The highest BCUT2D eigenvalue weighted by Crippen LogP contribution is 2.26. The Hall–Kier alpha value is -1.44. The Morgan fingerprint density at radius 1 is 1.47 bits per heavy atom. The third-order valence-electron chi connectivity index (χ3n) is 3.26. The van der Waals surface area contributed by atoms with Gasteiger partial charge in [-0.2, -0.15) is 4.31 Å². The highest BCUT2D eigenvalue weighted by Gasteiger charge is 2.34. The second kappa shape index (κ2) is 5.28. The Balaban J connectivity index is 2.39. The van der Waals surface area contributed by atoms with Gasteiger partial charge in [0.05, 0.1) is 11.5 Å². The molecule has 2 rings (SSSR count). The predicted octanol–water partition coefficient (Wildman–Crippen LogP) is -0.0691. The van der Waals surface area contributed by atoms with Crippen molar-refractivity contribution in [2.24, 2.45) is 5.73 Å². The number of nitrogens with zero attached hydrogens (tertiary/aromatic N) is 1. The minimum atomic E-state index is -3.69. The summed E-state index contributed by atoms with van der Waals surface area (Å²) in [5.41, 5.74) is 5.30. The molecule has 3 N–H and O–H groups in total. The van der Waals surface area contributed by atoms with Crippen molar-refractivity contribution in [3.8, 4) is 0 Å². The van der Waals surface area contributed by atoms with Crippen LogP contribution >= 0.6 is 0 Å². The van der Waals surface area contributed by atoms with Crippen molar-refractivity contribution in [3.05, 3.63) is 29.8 Å². The maximum atomic E-state index is 12.4. The largest absolute Gasteiger partial charge is 0.395 e. The summed E-state index contributed by atoms with van der Waals surface area (Å²) in [6.45, 7) is 0.184. The van der Waals surface area contributed by atoms with Crippen LogP contribution in [-0.4, -0.2) is 42.9 Å².